The first-order valence-corrected chi connectivity index (χ1v) is 11.0. The van der Waals surface area contributed by atoms with Crippen LogP contribution in [-0.4, -0.2) is 29.4 Å². The van der Waals surface area contributed by atoms with E-state index in [0.29, 0.717) is 12.8 Å². The van der Waals surface area contributed by atoms with Crippen molar-refractivity contribution in [1.29, 1.82) is 0 Å². The van der Waals surface area contributed by atoms with Crippen LogP contribution in [0, 0.1) is 0 Å². The summed E-state index contributed by atoms with van der Waals surface area (Å²) in [5.74, 6) is 0. The first-order chi connectivity index (χ1) is 10.9. The molecule has 0 saturated carbocycles. The maximum Gasteiger partial charge on any atom is 1.00 e. The van der Waals surface area contributed by atoms with Crippen LogP contribution in [0.1, 0.15) is 104 Å². The number of unbranched alkanes of at least 4 members (excludes halogenated alkanes) is 9. The summed E-state index contributed by atoms with van der Waals surface area (Å²) in [5, 5.41) is 8.76. The summed E-state index contributed by atoms with van der Waals surface area (Å²) in [6.45, 7) is 3.79. The Hall–Kier alpha value is 0.870. The summed E-state index contributed by atoms with van der Waals surface area (Å²) in [7, 11) is -4.10. The second-order valence-corrected chi connectivity index (χ2v) is 8.35. The molecule has 0 bridgehead atoms. The molecule has 0 heterocycles. The molecule has 6 heteroatoms. The van der Waals surface area contributed by atoms with E-state index < -0.39 is 15.4 Å². The SMILES string of the molecule is CCC(O)CCCCCCCCCCCCC(CC)S(=O)(=O)[O-].[Na+]. The van der Waals surface area contributed by atoms with E-state index in [0.717, 1.165) is 38.5 Å². The van der Waals surface area contributed by atoms with E-state index in [1.54, 1.807) is 6.92 Å². The van der Waals surface area contributed by atoms with Gasteiger partial charge in [0.1, 0.15) is 0 Å². The molecule has 140 valence electrons. The van der Waals surface area contributed by atoms with Crippen molar-refractivity contribution >= 4 is 10.1 Å². The fraction of sp³-hybridized carbons (Fsp3) is 1.00. The van der Waals surface area contributed by atoms with Gasteiger partial charge in [-0.2, -0.15) is 0 Å². The second kappa shape index (κ2) is 17.3. The Kier molecular flexibility index (Phi) is 19.5. The van der Waals surface area contributed by atoms with Gasteiger partial charge in [0.25, 0.3) is 0 Å². The van der Waals surface area contributed by atoms with E-state index in [1.807, 2.05) is 6.92 Å². The smallest absolute Gasteiger partial charge is 0.748 e. The van der Waals surface area contributed by atoms with Gasteiger partial charge >= 0.3 is 29.6 Å². The summed E-state index contributed by atoms with van der Waals surface area (Å²) >= 11 is 0. The Bertz CT molecular complexity index is 360. The van der Waals surface area contributed by atoms with Gasteiger partial charge in [-0.1, -0.05) is 78.1 Å². The van der Waals surface area contributed by atoms with Crippen LogP contribution in [0.4, 0.5) is 0 Å². The van der Waals surface area contributed by atoms with Crippen LogP contribution in [0.25, 0.3) is 0 Å². The quantitative estimate of drug-likeness (QED) is 0.254. The molecule has 0 aliphatic heterocycles. The number of hydrogen-bond donors (Lipinski definition) is 1. The van der Waals surface area contributed by atoms with Gasteiger partial charge in [0.15, 0.2) is 0 Å². The average Bonchev–Trinajstić information content (AvgIpc) is 2.50. The standard InChI is InChI=1S/C18H38O4S.Na/c1-3-17(19)15-13-11-9-7-5-6-8-10-12-14-16-18(4-2)23(20,21)22;/h17-19H,3-16H2,1-2H3,(H,20,21,22);/q;+1/p-1. The minimum atomic E-state index is -4.10. The van der Waals surface area contributed by atoms with Crippen molar-refractivity contribution in [2.24, 2.45) is 0 Å². The third-order valence-electron chi connectivity index (χ3n) is 4.65. The van der Waals surface area contributed by atoms with Crippen molar-refractivity contribution in [3.63, 3.8) is 0 Å². The van der Waals surface area contributed by atoms with E-state index >= 15 is 0 Å². The molecule has 0 spiro atoms. The normalized spacial score (nSPS) is 14.2. The summed E-state index contributed by atoms with van der Waals surface area (Å²) in [4.78, 5) is 0. The Morgan fingerprint density at radius 1 is 0.750 bits per heavy atom. The topological polar surface area (TPSA) is 77.4 Å². The molecule has 0 aromatic heterocycles. The molecule has 0 aromatic carbocycles. The predicted octanol–water partition coefficient (Wildman–Crippen LogP) is 1.77. The van der Waals surface area contributed by atoms with E-state index in [4.69, 9.17) is 0 Å². The number of aliphatic hydroxyl groups is 1. The van der Waals surface area contributed by atoms with Crippen LogP contribution in [0.2, 0.25) is 0 Å². The van der Waals surface area contributed by atoms with Crippen molar-refractivity contribution in [2.75, 3.05) is 0 Å². The molecule has 0 rings (SSSR count). The van der Waals surface area contributed by atoms with Crippen LogP contribution >= 0.6 is 0 Å². The van der Waals surface area contributed by atoms with E-state index in [-0.39, 0.29) is 35.7 Å². The zero-order valence-corrected chi connectivity index (χ0v) is 19.0. The minimum Gasteiger partial charge on any atom is -0.748 e. The van der Waals surface area contributed by atoms with Crippen LogP contribution < -0.4 is 29.6 Å². The maximum absolute atomic E-state index is 11.0. The average molecular weight is 373 g/mol. The molecule has 2 atom stereocenters. The van der Waals surface area contributed by atoms with E-state index in [1.165, 1.54) is 38.5 Å². The van der Waals surface area contributed by atoms with Gasteiger partial charge in [-0.25, -0.2) is 8.42 Å². The Morgan fingerprint density at radius 2 is 1.12 bits per heavy atom. The van der Waals surface area contributed by atoms with Crippen LogP contribution in [-0.2, 0) is 10.1 Å². The van der Waals surface area contributed by atoms with Crippen LogP contribution in [0.3, 0.4) is 0 Å². The molecule has 0 amide bonds. The Balaban J connectivity index is 0. The molecular weight excluding hydrogens is 335 g/mol. The molecule has 0 aliphatic rings. The minimum absolute atomic E-state index is 0. The molecular formula is C18H37NaO4S. The largest absolute Gasteiger partial charge is 1.00 e. The van der Waals surface area contributed by atoms with Gasteiger partial charge in [0.2, 0.25) is 0 Å². The van der Waals surface area contributed by atoms with Gasteiger partial charge in [-0.3, -0.25) is 0 Å². The molecule has 0 saturated heterocycles. The van der Waals surface area contributed by atoms with Gasteiger partial charge in [-0.05, 0) is 25.7 Å². The van der Waals surface area contributed by atoms with E-state index in [9.17, 15) is 18.1 Å². The molecule has 4 nitrogen and oxygen atoms in total. The summed E-state index contributed by atoms with van der Waals surface area (Å²) in [6.07, 6.45) is 14.3. The van der Waals surface area contributed by atoms with Gasteiger partial charge < -0.3 is 9.66 Å². The third kappa shape index (κ3) is 16.3. The first kappa shape index (κ1) is 27.1. The first-order valence-electron chi connectivity index (χ1n) is 9.54. The van der Waals surface area contributed by atoms with Crippen LogP contribution in [0.5, 0.6) is 0 Å². The van der Waals surface area contributed by atoms with E-state index in [2.05, 4.69) is 0 Å². The summed E-state index contributed by atoms with van der Waals surface area (Å²) < 4.78 is 32.9. The molecule has 2 unspecified atom stereocenters. The maximum atomic E-state index is 11.0. The molecule has 0 fully saturated rings. The summed E-state index contributed by atoms with van der Waals surface area (Å²) in [6, 6.07) is 0. The predicted molar refractivity (Wildman–Crippen MR) is 95.5 cm³/mol. The molecule has 24 heavy (non-hydrogen) atoms. The zero-order valence-electron chi connectivity index (χ0n) is 16.1. The zero-order chi connectivity index (χ0) is 17.6. The van der Waals surface area contributed by atoms with Gasteiger partial charge in [-0.15, -0.1) is 0 Å². The monoisotopic (exact) mass is 372 g/mol. The van der Waals surface area contributed by atoms with Crippen molar-refractivity contribution in [1.82, 2.24) is 0 Å². The van der Waals surface area contributed by atoms with Gasteiger partial charge in [0.05, 0.1) is 16.2 Å². The Morgan fingerprint density at radius 3 is 1.46 bits per heavy atom. The molecule has 0 aliphatic carbocycles. The van der Waals surface area contributed by atoms with Crippen molar-refractivity contribution in [3.05, 3.63) is 0 Å². The Labute approximate surface area is 172 Å². The number of hydrogen-bond acceptors (Lipinski definition) is 4. The molecule has 0 radical (unpaired) electrons. The van der Waals surface area contributed by atoms with Crippen LogP contribution in [0.15, 0.2) is 0 Å². The second-order valence-electron chi connectivity index (χ2n) is 6.70. The number of aliphatic hydroxyl groups excluding tert-OH is 1. The van der Waals surface area contributed by atoms with Gasteiger partial charge in [0, 0.05) is 5.25 Å². The van der Waals surface area contributed by atoms with Crippen molar-refractivity contribution < 1.29 is 47.6 Å². The fourth-order valence-electron chi connectivity index (χ4n) is 2.92. The molecule has 0 aromatic rings. The number of rotatable bonds is 16. The molecule has 1 N–H and O–H groups in total. The van der Waals surface area contributed by atoms with Crippen molar-refractivity contribution in [2.45, 2.75) is 115 Å². The fourth-order valence-corrected chi connectivity index (χ4v) is 3.79. The third-order valence-corrected chi connectivity index (χ3v) is 6.03. The van der Waals surface area contributed by atoms with Crippen molar-refractivity contribution in [3.8, 4) is 0 Å². The summed E-state index contributed by atoms with van der Waals surface area (Å²) in [5.41, 5.74) is 0.